The van der Waals surface area contributed by atoms with Crippen molar-refractivity contribution in [2.45, 2.75) is 6.42 Å². The molecule has 0 amide bonds. The van der Waals surface area contributed by atoms with Crippen LogP contribution in [-0.2, 0) is 6.42 Å². The largest absolute Gasteiger partial charge is 0.497 e. The lowest BCUT2D eigenvalue weighted by Crippen LogP contribution is -1.95. The molecule has 1 aromatic carbocycles. The molecule has 15 heavy (non-hydrogen) atoms. The van der Waals surface area contributed by atoms with Gasteiger partial charge in [-0.3, -0.25) is 4.98 Å². The molecule has 0 aliphatic rings. The van der Waals surface area contributed by atoms with Gasteiger partial charge in [0.05, 0.1) is 12.8 Å². The molecule has 78 valence electrons. The maximum absolute atomic E-state index is 8.92. The molecule has 0 bridgehead atoms. The molecule has 0 radical (unpaired) electrons. The molecule has 0 aliphatic heterocycles. The van der Waals surface area contributed by atoms with Gasteiger partial charge in [-0.2, -0.15) is 0 Å². The molecule has 2 aromatic rings. The Morgan fingerprint density at radius 2 is 2.20 bits per heavy atom. The molecular weight excluding hydrogens is 190 g/mol. The van der Waals surface area contributed by atoms with Crippen molar-refractivity contribution in [3.63, 3.8) is 0 Å². The first-order valence-corrected chi connectivity index (χ1v) is 4.87. The first-order valence-electron chi connectivity index (χ1n) is 4.87. The van der Waals surface area contributed by atoms with Gasteiger partial charge in [-0.15, -0.1) is 0 Å². The highest BCUT2D eigenvalue weighted by molar-refractivity contribution is 5.85. The van der Waals surface area contributed by atoms with E-state index < -0.39 is 0 Å². The average molecular weight is 203 g/mol. The number of hydrogen-bond acceptors (Lipinski definition) is 3. The molecule has 1 heterocycles. The lowest BCUT2D eigenvalue weighted by Gasteiger charge is -2.05. The summed E-state index contributed by atoms with van der Waals surface area (Å²) in [6, 6.07) is 7.80. The van der Waals surface area contributed by atoms with Crippen LogP contribution in [0.15, 0.2) is 30.5 Å². The zero-order valence-corrected chi connectivity index (χ0v) is 8.60. The van der Waals surface area contributed by atoms with Crippen LogP contribution in [0, 0.1) is 0 Å². The van der Waals surface area contributed by atoms with Crippen LogP contribution in [0.25, 0.3) is 10.8 Å². The first kappa shape index (κ1) is 9.93. The summed E-state index contributed by atoms with van der Waals surface area (Å²) in [6.07, 6.45) is 2.34. The van der Waals surface area contributed by atoms with E-state index in [9.17, 15) is 0 Å². The Balaban J connectivity index is 2.56. The Hall–Kier alpha value is -1.61. The highest BCUT2D eigenvalue weighted by atomic mass is 16.5. The van der Waals surface area contributed by atoms with Gasteiger partial charge in [-0.1, -0.05) is 0 Å². The molecule has 0 saturated carbocycles. The van der Waals surface area contributed by atoms with E-state index >= 15 is 0 Å². The van der Waals surface area contributed by atoms with Crippen LogP contribution < -0.4 is 4.74 Å². The summed E-state index contributed by atoms with van der Waals surface area (Å²) in [4.78, 5) is 4.25. The lowest BCUT2D eigenvalue weighted by molar-refractivity contribution is 0.298. The van der Waals surface area contributed by atoms with Crippen molar-refractivity contribution < 1.29 is 9.84 Å². The maximum Gasteiger partial charge on any atom is 0.119 e. The van der Waals surface area contributed by atoms with E-state index in [0.717, 1.165) is 22.2 Å². The minimum Gasteiger partial charge on any atom is -0.497 e. The number of aromatic nitrogens is 1. The van der Waals surface area contributed by atoms with E-state index in [0.29, 0.717) is 6.42 Å². The number of ether oxygens (including phenoxy) is 1. The molecule has 3 nitrogen and oxygen atoms in total. The smallest absolute Gasteiger partial charge is 0.119 e. The van der Waals surface area contributed by atoms with Gasteiger partial charge in [0.25, 0.3) is 0 Å². The summed E-state index contributed by atoms with van der Waals surface area (Å²) in [5, 5.41) is 11.1. The number of aliphatic hydroxyl groups excluding tert-OH is 1. The number of rotatable bonds is 3. The zero-order chi connectivity index (χ0) is 10.7. The Labute approximate surface area is 88.3 Å². The van der Waals surface area contributed by atoms with Gasteiger partial charge >= 0.3 is 0 Å². The summed E-state index contributed by atoms with van der Waals surface area (Å²) >= 11 is 0. The number of aliphatic hydroxyl groups is 1. The zero-order valence-electron chi connectivity index (χ0n) is 8.60. The second kappa shape index (κ2) is 4.28. The Kier molecular flexibility index (Phi) is 2.83. The Morgan fingerprint density at radius 1 is 1.33 bits per heavy atom. The van der Waals surface area contributed by atoms with Gasteiger partial charge in [0.2, 0.25) is 0 Å². The van der Waals surface area contributed by atoms with Gasteiger partial charge in [0.1, 0.15) is 5.75 Å². The third-order valence-corrected chi connectivity index (χ3v) is 2.40. The van der Waals surface area contributed by atoms with Crippen molar-refractivity contribution in [3.8, 4) is 5.75 Å². The van der Waals surface area contributed by atoms with Crippen molar-refractivity contribution in [2.75, 3.05) is 13.7 Å². The monoisotopic (exact) mass is 203 g/mol. The number of hydrogen-bond donors (Lipinski definition) is 1. The van der Waals surface area contributed by atoms with Crippen molar-refractivity contribution in [1.82, 2.24) is 4.98 Å². The highest BCUT2D eigenvalue weighted by Gasteiger charge is 2.02. The molecule has 0 unspecified atom stereocenters. The number of fused-ring (bicyclic) bond motifs is 1. The molecule has 1 N–H and O–H groups in total. The second-order valence-electron chi connectivity index (χ2n) is 3.32. The van der Waals surface area contributed by atoms with Gasteiger partial charge < -0.3 is 9.84 Å². The fourth-order valence-corrected chi connectivity index (χ4v) is 1.65. The highest BCUT2D eigenvalue weighted by Crippen LogP contribution is 2.22. The Bertz CT molecular complexity index is 468. The number of benzene rings is 1. The topological polar surface area (TPSA) is 42.4 Å². The van der Waals surface area contributed by atoms with E-state index in [4.69, 9.17) is 9.84 Å². The minimum atomic E-state index is 0.123. The minimum absolute atomic E-state index is 0.123. The number of nitrogens with zero attached hydrogens (tertiary/aromatic N) is 1. The average Bonchev–Trinajstić information content (AvgIpc) is 2.29. The van der Waals surface area contributed by atoms with Crippen LogP contribution in [0.2, 0.25) is 0 Å². The standard InChI is InChI=1S/C12H13NO2/c1-15-10-2-3-11-9(8-10)4-6-13-12(11)5-7-14/h2-4,6,8,14H,5,7H2,1H3. The van der Waals surface area contributed by atoms with Crippen LogP contribution in [0.5, 0.6) is 5.75 Å². The van der Waals surface area contributed by atoms with E-state index in [1.807, 2.05) is 24.3 Å². The molecule has 0 spiro atoms. The third-order valence-electron chi connectivity index (χ3n) is 2.40. The van der Waals surface area contributed by atoms with Gasteiger partial charge in [-0.25, -0.2) is 0 Å². The van der Waals surface area contributed by atoms with Gasteiger partial charge in [0, 0.05) is 24.6 Å². The van der Waals surface area contributed by atoms with Crippen LogP contribution in [-0.4, -0.2) is 23.8 Å². The lowest BCUT2D eigenvalue weighted by atomic mass is 10.1. The molecular formula is C12H13NO2. The molecule has 1 aromatic heterocycles. The van der Waals surface area contributed by atoms with Crippen molar-refractivity contribution in [3.05, 3.63) is 36.2 Å². The Morgan fingerprint density at radius 3 is 2.93 bits per heavy atom. The van der Waals surface area contributed by atoms with Crippen molar-refractivity contribution in [1.29, 1.82) is 0 Å². The molecule has 0 fully saturated rings. The first-order chi connectivity index (χ1) is 7.35. The summed E-state index contributed by atoms with van der Waals surface area (Å²) in [5.74, 6) is 0.837. The molecule has 2 rings (SSSR count). The molecule has 0 atom stereocenters. The quantitative estimate of drug-likeness (QED) is 0.826. The van der Waals surface area contributed by atoms with Crippen molar-refractivity contribution in [2.24, 2.45) is 0 Å². The fourth-order valence-electron chi connectivity index (χ4n) is 1.65. The van der Waals surface area contributed by atoms with E-state index in [1.54, 1.807) is 13.3 Å². The van der Waals surface area contributed by atoms with Crippen LogP contribution in [0.4, 0.5) is 0 Å². The van der Waals surface area contributed by atoms with Crippen LogP contribution in [0.3, 0.4) is 0 Å². The summed E-state index contributed by atoms with van der Waals surface area (Å²) in [6.45, 7) is 0.123. The second-order valence-corrected chi connectivity index (χ2v) is 3.32. The van der Waals surface area contributed by atoms with Crippen molar-refractivity contribution >= 4 is 10.8 Å². The molecule has 3 heteroatoms. The number of methoxy groups -OCH3 is 1. The van der Waals surface area contributed by atoms with E-state index in [-0.39, 0.29) is 6.61 Å². The molecule has 0 aliphatic carbocycles. The van der Waals surface area contributed by atoms with Crippen LogP contribution >= 0.6 is 0 Å². The van der Waals surface area contributed by atoms with E-state index in [2.05, 4.69) is 4.98 Å². The normalized spacial score (nSPS) is 10.5. The predicted octanol–water partition coefficient (Wildman–Crippen LogP) is 1.78. The fraction of sp³-hybridized carbons (Fsp3) is 0.250. The van der Waals surface area contributed by atoms with E-state index in [1.165, 1.54) is 0 Å². The van der Waals surface area contributed by atoms with Gasteiger partial charge in [-0.05, 0) is 29.7 Å². The number of pyridine rings is 1. The summed E-state index contributed by atoms with van der Waals surface area (Å²) in [7, 11) is 1.65. The maximum atomic E-state index is 8.92. The summed E-state index contributed by atoms with van der Waals surface area (Å²) < 4.78 is 5.15. The molecule has 0 saturated heterocycles. The predicted molar refractivity (Wildman–Crippen MR) is 59.1 cm³/mol. The van der Waals surface area contributed by atoms with Crippen LogP contribution in [0.1, 0.15) is 5.69 Å². The SMILES string of the molecule is COc1ccc2c(CCO)nccc2c1. The third kappa shape index (κ3) is 1.92. The summed E-state index contributed by atoms with van der Waals surface area (Å²) in [5.41, 5.74) is 0.928. The van der Waals surface area contributed by atoms with Gasteiger partial charge in [0.15, 0.2) is 0 Å².